The summed E-state index contributed by atoms with van der Waals surface area (Å²) >= 11 is 0. The monoisotopic (exact) mass is 349 g/mol. The van der Waals surface area contributed by atoms with Crippen molar-refractivity contribution in [2.45, 2.75) is 77.2 Å². The second-order valence-electron chi connectivity index (χ2n) is 6.53. The third-order valence-electron chi connectivity index (χ3n) is 4.32. The molecule has 0 spiro atoms. The second-order valence-corrected chi connectivity index (χ2v) is 6.53. The molecule has 0 aliphatic rings. The number of nitrogens with one attached hydrogen (secondary N) is 1. The van der Waals surface area contributed by atoms with Crippen LogP contribution in [0.5, 0.6) is 0 Å². The molecule has 0 aliphatic heterocycles. The van der Waals surface area contributed by atoms with Gasteiger partial charge in [0.25, 0.3) is 0 Å². The Morgan fingerprint density at radius 3 is 2.00 bits per heavy atom. The van der Waals surface area contributed by atoms with Crippen molar-refractivity contribution in [1.29, 1.82) is 0 Å². The Balaban J connectivity index is 1.73. The Labute approximate surface area is 153 Å². The lowest BCUT2D eigenvalue weighted by Gasteiger charge is -2.06. The first kappa shape index (κ1) is 21.7. The fourth-order valence-electron chi connectivity index (χ4n) is 2.76. The third kappa shape index (κ3) is 13.6. The number of hydrogen-bond acceptors (Lipinski definition) is 4. The van der Waals surface area contributed by atoms with E-state index in [9.17, 15) is 4.79 Å². The summed E-state index contributed by atoms with van der Waals surface area (Å²) in [7, 11) is 1.45. The maximum absolute atomic E-state index is 11.0. The lowest BCUT2D eigenvalue weighted by molar-refractivity contribution is -0.140. The fourth-order valence-corrected chi connectivity index (χ4v) is 2.76. The number of benzene rings is 1. The van der Waals surface area contributed by atoms with Crippen molar-refractivity contribution in [2.24, 2.45) is 0 Å². The first-order valence-corrected chi connectivity index (χ1v) is 9.78. The fraction of sp³-hybridized carbons (Fsp3) is 0.667. The van der Waals surface area contributed by atoms with Gasteiger partial charge in [-0.25, -0.2) is 5.48 Å². The number of ether oxygens (including phenoxy) is 1. The predicted molar refractivity (Wildman–Crippen MR) is 102 cm³/mol. The van der Waals surface area contributed by atoms with Gasteiger partial charge in [-0.1, -0.05) is 81.7 Å². The van der Waals surface area contributed by atoms with E-state index in [2.05, 4.69) is 22.3 Å². The van der Waals surface area contributed by atoms with Crippen molar-refractivity contribution in [2.75, 3.05) is 13.7 Å². The molecular formula is C21H35NO3. The van der Waals surface area contributed by atoms with Crippen LogP contribution >= 0.6 is 0 Å². The standard InChI is InChI=1S/C21H35NO3/c1-24-21(23)17-13-8-6-4-2-3-5-7-9-14-18-22-25-19-20-15-11-10-12-16-20/h10-12,15-16,22H,2-9,13-14,17-19H2,1H3. The molecule has 4 heteroatoms. The molecule has 0 amide bonds. The van der Waals surface area contributed by atoms with E-state index in [0.717, 1.165) is 19.4 Å². The summed E-state index contributed by atoms with van der Waals surface area (Å²) < 4.78 is 4.63. The van der Waals surface area contributed by atoms with E-state index < -0.39 is 0 Å². The summed E-state index contributed by atoms with van der Waals surface area (Å²) in [5.74, 6) is -0.0834. The van der Waals surface area contributed by atoms with Gasteiger partial charge in [0.15, 0.2) is 0 Å². The molecule has 0 aromatic heterocycles. The lowest BCUT2D eigenvalue weighted by Crippen LogP contribution is -2.15. The van der Waals surface area contributed by atoms with Crippen molar-refractivity contribution in [3.63, 3.8) is 0 Å². The van der Waals surface area contributed by atoms with Gasteiger partial charge in [0.05, 0.1) is 13.7 Å². The van der Waals surface area contributed by atoms with E-state index in [4.69, 9.17) is 4.84 Å². The highest BCUT2D eigenvalue weighted by Gasteiger charge is 1.99. The van der Waals surface area contributed by atoms with E-state index in [1.54, 1.807) is 0 Å². The number of carbonyl (C=O) groups is 1. The maximum Gasteiger partial charge on any atom is 0.305 e. The average molecular weight is 350 g/mol. The molecule has 0 heterocycles. The van der Waals surface area contributed by atoms with Crippen LogP contribution in [0.4, 0.5) is 0 Å². The summed E-state index contributed by atoms with van der Waals surface area (Å²) in [6, 6.07) is 10.2. The second kappa shape index (κ2) is 16.1. The van der Waals surface area contributed by atoms with Gasteiger partial charge in [-0.3, -0.25) is 9.63 Å². The molecule has 0 unspecified atom stereocenters. The molecule has 0 atom stereocenters. The molecule has 0 bridgehead atoms. The molecular weight excluding hydrogens is 314 g/mol. The number of unbranched alkanes of at least 4 members (excludes halogenated alkanes) is 9. The van der Waals surface area contributed by atoms with E-state index in [0.29, 0.717) is 13.0 Å². The molecule has 142 valence electrons. The summed E-state index contributed by atoms with van der Waals surface area (Å²) in [5, 5.41) is 0. The Hall–Kier alpha value is -1.39. The minimum absolute atomic E-state index is 0.0834. The molecule has 0 aliphatic carbocycles. The number of hydrogen-bond donors (Lipinski definition) is 1. The SMILES string of the molecule is COC(=O)CCCCCCCCCCCCNOCc1ccccc1. The highest BCUT2D eigenvalue weighted by atomic mass is 16.6. The number of carbonyl (C=O) groups excluding carboxylic acids is 1. The Morgan fingerprint density at radius 2 is 1.40 bits per heavy atom. The van der Waals surface area contributed by atoms with Crippen LogP contribution in [0.15, 0.2) is 30.3 Å². The normalized spacial score (nSPS) is 10.8. The first-order valence-electron chi connectivity index (χ1n) is 9.78. The summed E-state index contributed by atoms with van der Waals surface area (Å²) in [6.45, 7) is 1.55. The van der Waals surface area contributed by atoms with Crippen LogP contribution in [0.3, 0.4) is 0 Å². The van der Waals surface area contributed by atoms with Crippen molar-refractivity contribution in [3.8, 4) is 0 Å². The van der Waals surface area contributed by atoms with Gasteiger partial charge in [-0.15, -0.1) is 0 Å². The average Bonchev–Trinajstić information content (AvgIpc) is 2.65. The van der Waals surface area contributed by atoms with Gasteiger partial charge in [-0.2, -0.15) is 0 Å². The quantitative estimate of drug-likeness (QED) is 0.254. The van der Waals surface area contributed by atoms with Crippen LogP contribution in [0.25, 0.3) is 0 Å². The molecule has 4 nitrogen and oxygen atoms in total. The van der Waals surface area contributed by atoms with E-state index in [-0.39, 0.29) is 5.97 Å². The molecule has 0 radical (unpaired) electrons. The minimum atomic E-state index is -0.0834. The Bertz CT molecular complexity index is 422. The van der Waals surface area contributed by atoms with Gasteiger partial charge in [0.1, 0.15) is 0 Å². The van der Waals surface area contributed by atoms with Crippen LogP contribution in [-0.2, 0) is 21.0 Å². The first-order chi connectivity index (χ1) is 12.3. The summed E-state index contributed by atoms with van der Waals surface area (Å²) in [5.41, 5.74) is 4.24. The molecule has 1 aromatic carbocycles. The highest BCUT2D eigenvalue weighted by molar-refractivity contribution is 5.68. The Kier molecular flexibility index (Phi) is 13.9. The van der Waals surface area contributed by atoms with E-state index >= 15 is 0 Å². The number of hydroxylamine groups is 1. The molecule has 0 fully saturated rings. The lowest BCUT2D eigenvalue weighted by atomic mass is 10.1. The van der Waals surface area contributed by atoms with Crippen molar-refractivity contribution < 1.29 is 14.4 Å². The third-order valence-corrected chi connectivity index (χ3v) is 4.32. The van der Waals surface area contributed by atoms with Crippen molar-refractivity contribution in [1.82, 2.24) is 5.48 Å². The van der Waals surface area contributed by atoms with Crippen molar-refractivity contribution >= 4 is 5.97 Å². The molecule has 0 saturated carbocycles. The zero-order valence-corrected chi connectivity index (χ0v) is 15.8. The van der Waals surface area contributed by atoms with Crippen LogP contribution in [0.2, 0.25) is 0 Å². The molecule has 1 N–H and O–H groups in total. The summed E-state index contributed by atoms with van der Waals surface area (Å²) in [4.78, 5) is 16.4. The predicted octanol–water partition coefficient (Wildman–Crippen LogP) is 5.17. The van der Waals surface area contributed by atoms with Gasteiger partial charge < -0.3 is 4.74 Å². The zero-order chi connectivity index (χ0) is 18.0. The topological polar surface area (TPSA) is 47.6 Å². The van der Waals surface area contributed by atoms with Crippen LogP contribution < -0.4 is 5.48 Å². The maximum atomic E-state index is 11.0. The molecule has 1 aromatic rings. The van der Waals surface area contributed by atoms with Crippen LogP contribution in [0, 0.1) is 0 Å². The van der Waals surface area contributed by atoms with Gasteiger partial charge in [-0.05, 0) is 18.4 Å². The van der Waals surface area contributed by atoms with Crippen molar-refractivity contribution in [3.05, 3.63) is 35.9 Å². The van der Waals surface area contributed by atoms with Gasteiger partial charge in [0.2, 0.25) is 0 Å². The number of esters is 1. The van der Waals surface area contributed by atoms with E-state index in [1.807, 2.05) is 18.2 Å². The zero-order valence-electron chi connectivity index (χ0n) is 15.8. The molecule has 0 saturated heterocycles. The highest BCUT2D eigenvalue weighted by Crippen LogP contribution is 2.11. The van der Waals surface area contributed by atoms with E-state index in [1.165, 1.54) is 64.0 Å². The van der Waals surface area contributed by atoms with Gasteiger partial charge >= 0.3 is 5.97 Å². The van der Waals surface area contributed by atoms with Crippen LogP contribution in [0.1, 0.15) is 76.2 Å². The molecule has 1 rings (SSSR count). The number of methoxy groups -OCH3 is 1. The Morgan fingerprint density at radius 1 is 0.840 bits per heavy atom. The van der Waals surface area contributed by atoms with Crippen LogP contribution in [-0.4, -0.2) is 19.6 Å². The van der Waals surface area contributed by atoms with Gasteiger partial charge in [0, 0.05) is 13.0 Å². The largest absolute Gasteiger partial charge is 0.469 e. The smallest absolute Gasteiger partial charge is 0.305 e. The minimum Gasteiger partial charge on any atom is -0.469 e. The molecule has 25 heavy (non-hydrogen) atoms. The summed E-state index contributed by atoms with van der Waals surface area (Å²) in [6.07, 6.45) is 12.9. The number of rotatable bonds is 16.